The number of nitrogens with two attached hydrogens (primary N) is 2. The maximum Gasteiger partial charge on any atom is 0.296 e. The van der Waals surface area contributed by atoms with Crippen molar-refractivity contribution in [1.82, 2.24) is 34.5 Å². The molecule has 9 N–H and O–H groups in total. The summed E-state index contributed by atoms with van der Waals surface area (Å²) in [6, 6.07) is 7.57. The largest absolute Gasteiger partial charge is 0.493 e. The quantitative estimate of drug-likeness (QED) is 0.0704. The Morgan fingerprint density at radius 1 is 0.885 bits per heavy atom. The van der Waals surface area contributed by atoms with Gasteiger partial charge in [-0.15, -0.1) is 10.2 Å². The summed E-state index contributed by atoms with van der Waals surface area (Å²) in [6.07, 6.45) is 0. The minimum absolute atomic E-state index is 0.0131. The van der Waals surface area contributed by atoms with Crippen LogP contribution in [0, 0.1) is 20.8 Å². The van der Waals surface area contributed by atoms with Crippen LogP contribution >= 0.6 is 23.2 Å². The zero-order valence-corrected chi connectivity index (χ0v) is 29.8. The fraction of sp³-hybridized carbons (Fsp3) is 0.172. The molecule has 0 bridgehead atoms. The van der Waals surface area contributed by atoms with Crippen molar-refractivity contribution in [3.05, 3.63) is 73.5 Å². The number of azo groups is 1. The summed E-state index contributed by atoms with van der Waals surface area (Å²) in [5, 5.41) is 27.3. The molecular weight excluding hydrogens is 743 g/mol. The van der Waals surface area contributed by atoms with Gasteiger partial charge < -0.3 is 32.5 Å². The molecule has 2 aromatic carbocycles. The fourth-order valence-electron chi connectivity index (χ4n) is 4.79. The number of aryl methyl sites for hydroxylation is 2. The minimum atomic E-state index is -4.86. The lowest BCUT2D eigenvalue weighted by atomic mass is 10.1. The number of hydrogen-bond acceptors (Lipinski definition) is 17. The van der Waals surface area contributed by atoms with Gasteiger partial charge in [-0.1, -0.05) is 6.07 Å². The number of primary amides is 1. The van der Waals surface area contributed by atoms with Gasteiger partial charge in [0.1, 0.15) is 21.8 Å². The average Bonchev–Trinajstić information content (AvgIpc) is 3.02. The summed E-state index contributed by atoms with van der Waals surface area (Å²) in [5.74, 6) is -1.73. The summed E-state index contributed by atoms with van der Waals surface area (Å²) < 4.78 is 35.5. The number of benzene rings is 2. The van der Waals surface area contributed by atoms with Crippen LogP contribution in [-0.2, 0) is 16.7 Å². The number of carbonyl (C=O) groups excluding carboxylic acids is 1. The second-order valence-corrected chi connectivity index (χ2v) is 12.9. The molecule has 20 nitrogen and oxygen atoms in total. The number of aromatic nitrogens is 7. The van der Waals surface area contributed by atoms with E-state index in [-0.39, 0.29) is 57.8 Å². The molecular formula is C29H28Cl2N14O6S. The van der Waals surface area contributed by atoms with Gasteiger partial charge in [-0.25, -0.2) is 0 Å². The van der Waals surface area contributed by atoms with E-state index < -0.39 is 43.6 Å². The molecule has 0 atom stereocenters. The Bertz CT molecular complexity index is 2440. The number of nitrogens with one attached hydrogen (secondary N) is 3. The van der Waals surface area contributed by atoms with Crippen LogP contribution in [0.1, 0.15) is 34.0 Å². The summed E-state index contributed by atoms with van der Waals surface area (Å²) in [5.41, 5.74) is 11.4. The van der Waals surface area contributed by atoms with Gasteiger partial charge in [0.2, 0.25) is 40.2 Å². The standard InChI is InChI=1S/C29H28Cl2N14O6S/c1-5-45-22(47)19(21(32)46)13(4)20(23(45)48)44-43-17-10-16(12(3)8-18(17)52(49,50)51)36-29-40-25(31)39-27(42-29)34-14-7-6-11(2)15(9-14)35-28-38-24(30)37-26(33)41-28/h6-10,48H,5H2,1-4H3,(H2,32,46)(H,49,50,51)(H3,33,35,37,38,41)(H2,34,36,39,40,42). The molecule has 5 aromatic rings. The molecule has 0 saturated heterocycles. The first kappa shape index (κ1) is 37.2. The Morgan fingerprint density at radius 2 is 1.48 bits per heavy atom. The summed E-state index contributed by atoms with van der Waals surface area (Å²) in [6.45, 7) is 6.16. The highest BCUT2D eigenvalue weighted by molar-refractivity contribution is 7.86. The third-order valence-electron chi connectivity index (χ3n) is 7.28. The van der Waals surface area contributed by atoms with Crippen LogP contribution in [0.25, 0.3) is 0 Å². The van der Waals surface area contributed by atoms with Crippen LogP contribution in [0.15, 0.2) is 50.3 Å². The van der Waals surface area contributed by atoms with E-state index in [2.05, 4.69) is 56.1 Å². The van der Waals surface area contributed by atoms with E-state index in [0.29, 0.717) is 16.9 Å². The lowest BCUT2D eigenvalue weighted by Crippen LogP contribution is -2.30. The van der Waals surface area contributed by atoms with Crippen molar-refractivity contribution in [2.24, 2.45) is 16.0 Å². The van der Waals surface area contributed by atoms with Crippen LogP contribution in [0.3, 0.4) is 0 Å². The number of carbonyl (C=O) groups is 1. The first-order valence-corrected chi connectivity index (χ1v) is 16.9. The molecule has 52 heavy (non-hydrogen) atoms. The first-order valence-electron chi connectivity index (χ1n) is 14.8. The van der Waals surface area contributed by atoms with Gasteiger partial charge in [0.25, 0.3) is 21.6 Å². The number of nitrogen functional groups attached to an aromatic ring is 1. The molecule has 0 aliphatic heterocycles. The van der Waals surface area contributed by atoms with Crippen LogP contribution in [-0.4, -0.2) is 58.5 Å². The van der Waals surface area contributed by atoms with Crippen molar-refractivity contribution in [1.29, 1.82) is 0 Å². The second kappa shape index (κ2) is 14.7. The highest BCUT2D eigenvalue weighted by atomic mass is 35.5. The lowest BCUT2D eigenvalue weighted by Gasteiger charge is -2.14. The molecule has 0 unspecified atom stereocenters. The number of amides is 1. The van der Waals surface area contributed by atoms with Gasteiger partial charge in [0, 0.05) is 29.2 Å². The third kappa shape index (κ3) is 8.12. The smallest absolute Gasteiger partial charge is 0.296 e. The van der Waals surface area contributed by atoms with Gasteiger partial charge in [0.15, 0.2) is 0 Å². The minimum Gasteiger partial charge on any atom is -0.493 e. The maximum absolute atomic E-state index is 12.7. The fourth-order valence-corrected chi connectivity index (χ4v) is 5.81. The normalized spacial score (nSPS) is 11.5. The summed E-state index contributed by atoms with van der Waals surface area (Å²) >= 11 is 12.1. The van der Waals surface area contributed by atoms with Gasteiger partial charge in [-0.2, -0.15) is 38.3 Å². The van der Waals surface area contributed by atoms with Crippen molar-refractivity contribution < 1.29 is 22.9 Å². The van der Waals surface area contributed by atoms with E-state index in [1.807, 2.05) is 6.92 Å². The van der Waals surface area contributed by atoms with E-state index in [1.54, 1.807) is 18.2 Å². The molecule has 0 spiro atoms. The number of pyridine rings is 1. The lowest BCUT2D eigenvalue weighted by molar-refractivity contribution is 0.0997. The van der Waals surface area contributed by atoms with Gasteiger partial charge in [0.05, 0.1) is 0 Å². The number of nitrogens with zero attached hydrogens (tertiary/aromatic N) is 9. The van der Waals surface area contributed by atoms with Crippen molar-refractivity contribution in [2.45, 2.75) is 39.1 Å². The molecule has 270 valence electrons. The molecule has 0 radical (unpaired) electrons. The number of anilines is 7. The Kier molecular flexibility index (Phi) is 10.5. The Labute approximate surface area is 304 Å². The zero-order valence-electron chi connectivity index (χ0n) is 27.5. The molecule has 0 aliphatic carbocycles. The Hall–Kier alpha value is -6.03. The number of rotatable bonds is 11. The highest BCUT2D eigenvalue weighted by Gasteiger charge is 2.23. The van der Waals surface area contributed by atoms with Crippen LogP contribution in [0.5, 0.6) is 5.88 Å². The molecule has 0 saturated carbocycles. The van der Waals surface area contributed by atoms with E-state index in [0.717, 1.165) is 16.2 Å². The van der Waals surface area contributed by atoms with Crippen molar-refractivity contribution >= 4 is 91.5 Å². The van der Waals surface area contributed by atoms with Crippen LogP contribution in [0.4, 0.5) is 52.2 Å². The van der Waals surface area contributed by atoms with Gasteiger partial charge in [-0.3, -0.25) is 18.7 Å². The second-order valence-electron chi connectivity index (χ2n) is 10.8. The van der Waals surface area contributed by atoms with E-state index >= 15 is 0 Å². The Morgan fingerprint density at radius 3 is 2.08 bits per heavy atom. The molecule has 0 fully saturated rings. The number of hydrogen-bond donors (Lipinski definition) is 7. The third-order valence-corrected chi connectivity index (χ3v) is 8.50. The maximum atomic E-state index is 12.7. The van der Waals surface area contributed by atoms with Crippen molar-refractivity contribution in [2.75, 3.05) is 21.7 Å². The van der Waals surface area contributed by atoms with E-state index in [1.165, 1.54) is 26.8 Å². The topological polar surface area (TPSA) is 304 Å². The molecule has 0 aliphatic rings. The first-order chi connectivity index (χ1) is 24.4. The number of aromatic hydroxyl groups is 1. The predicted octanol–water partition coefficient (Wildman–Crippen LogP) is 4.75. The SMILES string of the molecule is CCn1c(O)c(N=Nc2cc(Nc3nc(Cl)nc(Nc4ccc(C)c(Nc5nc(N)nc(Cl)n5)c4)n3)c(C)cc2S(=O)(=O)O)c(C)c(C(N)=O)c1=O. The molecule has 1 amide bonds. The molecule has 3 heterocycles. The molecule has 3 aromatic heterocycles. The van der Waals surface area contributed by atoms with Crippen LogP contribution in [0.2, 0.25) is 10.6 Å². The summed E-state index contributed by atoms with van der Waals surface area (Å²) in [7, 11) is -4.86. The van der Waals surface area contributed by atoms with Crippen molar-refractivity contribution in [3.8, 4) is 5.88 Å². The zero-order chi connectivity index (χ0) is 38.1. The number of halogens is 2. The van der Waals surface area contributed by atoms with Gasteiger partial charge in [-0.05, 0) is 86.3 Å². The monoisotopic (exact) mass is 770 g/mol. The molecule has 5 rings (SSSR count). The van der Waals surface area contributed by atoms with Gasteiger partial charge >= 0.3 is 0 Å². The van der Waals surface area contributed by atoms with E-state index in [9.17, 15) is 27.7 Å². The average molecular weight is 772 g/mol. The van der Waals surface area contributed by atoms with E-state index in [4.69, 9.17) is 34.7 Å². The highest BCUT2D eigenvalue weighted by Crippen LogP contribution is 2.36. The predicted molar refractivity (Wildman–Crippen MR) is 192 cm³/mol. The van der Waals surface area contributed by atoms with Crippen LogP contribution < -0.4 is 33.0 Å². The molecule has 23 heteroatoms. The Balaban J connectivity index is 1.49. The van der Waals surface area contributed by atoms with Crippen molar-refractivity contribution in [3.63, 3.8) is 0 Å². The summed E-state index contributed by atoms with van der Waals surface area (Å²) in [4.78, 5) is 48.4.